The normalized spacial score (nSPS) is 9.00. The first-order valence-corrected chi connectivity index (χ1v) is 5.26. The second kappa shape index (κ2) is 7.99. The number of carbonyl (C=O) groups is 2. The van der Waals surface area contributed by atoms with Gasteiger partial charge in [0.2, 0.25) is 0 Å². The van der Waals surface area contributed by atoms with E-state index in [1.165, 1.54) is 12.1 Å². The molecule has 0 bridgehead atoms. The molecule has 0 spiro atoms. The van der Waals surface area contributed by atoms with E-state index in [0.717, 1.165) is 0 Å². The van der Waals surface area contributed by atoms with Crippen molar-refractivity contribution >= 4 is 49.7 Å². The van der Waals surface area contributed by atoms with Crippen LogP contribution in [0.25, 0.3) is 11.1 Å². The molecule has 0 aromatic heterocycles. The fourth-order valence-electron chi connectivity index (χ4n) is 1.81. The van der Waals surface area contributed by atoms with Crippen molar-refractivity contribution < 1.29 is 19.8 Å². The molecule has 2 rings (SSSR count). The molecule has 2 aromatic rings. The van der Waals surface area contributed by atoms with Gasteiger partial charge in [-0.3, -0.25) is 0 Å². The summed E-state index contributed by atoms with van der Waals surface area (Å²) in [4.78, 5) is 22.3. The van der Waals surface area contributed by atoms with Crippen LogP contribution in [0.2, 0.25) is 0 Å². The van der Waals surface area contributed by atoms with Crippen molar-refractivity contribution in [2.75, 3.05) is 0 Å². The van der Waals surface area contributed by atoms with E-state index >= 15 is 0 Å². The van der Waals surface area contributed by atoms with Gasteiger partial charge in [-0.05, 0) is 23.3 Å². The summed E-state index contributed by atoms with van der Waals surface area (Å²) in [6, 6.07) is 12.7. The van der Waals surface area contributed by atoms with Crippen molar-refractivity contribution in [2.24, 2.45) is 0 Å². The summed E-state index contributed by atoms with van der Waals surface area (Å²) >= 11 is 0. The molecule has 0 aliphatic carbocycles. The fourth-order valence-corrected chi connectivity index (χ4v) is 1.81. The first-order valence-electron chi connectivity index (χ1n) is 5.26. The number of aromatic carboxylic acids is 2. The van der Waals surface area contributed by atoms with E-state index in [-0.39, 0.29) is 48.8 Å². The summed E-state index contributed by atoms with van der Waals surface area (Å²) in [6.07, 6.45) is 0. The monoisotopic (exact) mass is 258 g/mol. The van der Waals surface area contributed by atoms with Crippen molar-refractivity contribution in [1.82, 2.24) is 0 Å². The summed E-state index contributed by atoms with van der Waals surface area (Å²) < 4.78 is 0. The van der Waals surface area contributed by atoms with Gasteiger partial charge in [-0.2, -0.15) is 0 Å². The Morgan fingerprint density at radius 2 is 0.950 bits per heavy atom. The van der Waals surface area contributed by atoms with Crippen LogP contribution < -0.4 is 0 Å². The maximum atomic E-state index is 11.1. The summed E-state index contributed by atoms with van der Waals surface area (Å²) in [5.41, 5.74) is 0.989. The quantitative estimate of drug-likeness (QED) is 0.817. The zero-order valence-electron chi connectivity index (χ0n) is 9.33. The SMILES string of the molecule is O=C(O)c1ccccc1-c1ccccc1C(=O)O.[LiH].[LiH]. The Hall–Kier alpha value is -1.43. The molecule has 4 nitrogen and oxygen atoms in total. The van der Waals surface area contributed by atoms with E-state index in [4.69, 9.17) is 10.2 Å². The first kappa shape index (κ1) is 18.6. The molecule has 0 heterocycles. The van der Waals surface area contributed by atoms with Crippen molar-refractivity contribution in [3.63, 3.8) is 0 Å². The fraction of sp³-hybridized carbons (Fsp3) is 0. The molecule has 2 aromatic carbocycles. The molecule has 94 valence electrons. The Labute approximate surface area is 140 Å². The number of rotatable bonds is 3. The van der Waals surface area contributed by atoms with E-state index in [2.05, 4.69) is 0 Å². The van der Waals surface area contributed by atoms with Gasteiger partial charge < -0.3 is 10.2 Å². The molecule has 6 heteroatoms. The molecular weight excluding hydrogens is 246 g/mol. The standard InChI is InChI=1S/C14H10O4.2Li.2H/c15-13(16)11-7-3-1-5-9(11)10-6-2-4-8-12(10)14(17)18;;;;/h1-8H,(H,15,16)(H,17,18);;;;. The van der Waals surface area contributed by atoms with E-state index in [1.54, 1.807) is 36.4 Å². The van der Waals surface area contributed by atoms with Crippen molar-refractivity contribution in [3.8, 4) is 11.1 Å². The van der Waals surface area contributed by atoms with Crippen LogP contribution in [0.5, 0.6) is 0 Å². The van der Waals surface area contributed by atoms with Gasteiger partial charge in [-0.25, -0.2) is 9.59 Å². The molecule has 0 unspecified atom stereocenters. The average molecular weight is 258 g/mol. The van der Waals surface area contributed by atoms with Crippen LogP contribution in [-0.2, 0) is 0 Å². The van der Waals surface area contributed by atoms with Gasteiger partial charge in [0.1, 0.15) is 0 Å². The molecule has 0 aliphatic heterocycles. The van der Waals surface area contributed by atoms with Gasteiger partial charge in [-0.15, -0.1) is 0 Å². The molecule has 2 N–H and O–H groups in total. The van der Waals surface area contributed by atoms with E-state index in [1.807, 2.05) is 0 Å². The molecule has 0 amide bonds. The Morgan fingerprint density at radius 1 is 0.650 bits per heavy atom. The zero-order chi connectivity index (χ0) is 13.1. The van der Waals surface area contributed by atoms with E-state index in [0.29, 0.717) is 11.1 Å². The van der Waals surface area contributed by atoms with Gasteiger partial charge in [0.15, 0.2) is 0 Å². The summed E-state index contributed by atoms with van der Waals surface area (Å²) in [6.45, 7) is 0. The molecule has 20 heavy (non-hydrogen) atoms. The topological polar surface area (TPSA) is 74.6 Å². The summed E-state index contributed by atoms with van der Waals surface area (Å²) in [5.74, 6) is -2.16. The van der Waals surface area contributed by atoms with Crippen LogP contribution in [0.3, 0.4) is 0 Å². The zero-order valence-corrected chi connectivity index (χ0v) is 9.33. The minimum atomic E-state index is -1.08. The molecule has 0 saturated carbocycles. The van der Waals surface area contributed by atoms with E-state index in [9.17, 15) is 9.59 Å². The molecular formula is C14H12Li2O4. The molecule has 0 atom stereocenters. The first-order chi connectivity index (χ1) is 8.61. The predicted octanol–water partition coefficient (Wildman–Crippen LogP) is 1.45. The Kier molecular flexibility index (Phi) is 7.43. The van der Waals surface area contributed by atoms with Crippen LogP contribution in [0.15, 0.2) is 48.5 Å². The van der Waals surface area contributed by atoms with Gasteiger partial charge >= 0.3 is 49.7 Å². The Balaban J connectivity index is 0.00000180. The second-order valence-electron chi connectivity index (χ2n) is 3.70. The second-order valence-corrected chi connectivity index (χ2v) is 3.70. The van der Waals surface area contributed by atoms with Crippen LogP contribution >= 0.6 is 0 Å². The maximum absolute atomic E-state index is 11.1. The van der Waals surface area contributed by atoms with Crippen LogP contribution in [0, 0.1) is 0 Å². The number of hydrogen-bond acceptors (Lipinski definition) is 2. The van der Waals surface area contributed by atoms with Crippen molar-refractivity contribution in [3.05, 3.63) is 59.7 Å². The summed E-state index contributed by atoms with van der Waals surface area (Å²) in [7, 11) is 0. The van der Waals surface area contributed by atoms with Gasteiger partial charge in [0.05, 0.1) is 11.1 Å². The number of hydrogen-bond donors (Lipinski definition) is 2. The number of carboxylic acid groups (broad SMARTS) is 2. The van der Waals surface area contributed by atoms with Gasteiger partial charge in [-0.1, -0.05) is 36.4 Å². The van der Waals surface area contributed by atoms with Crippen LogP contribution in [0.1, 0.15) is 20.7 Å². The number of benzene rings is 2. The third kappa shape index (κ3) is 3.79. The number of carboxylic acids is 2. The van der Waals surface area contributed by atoms with E-state index < -0.39 is 11.9 Å². The van der Waals surface area contributed by atoms with Crippen LogP contribution in [-0.4, -0.2) is 59.9 Å². The predicted molar refractivity (Wildman–Crippen MR) is 80.1 cm³/mol. The third-order valence-corrected chi connectivity index (χ3v) is 2.61. The summed E-state index contributed by atoms with van der Waals surface area (Å²) in [5, 5.41) is 18.2. The minimum absolute atomic E-state index is 0. The molecule has 0 saturated heterocycles. The average Bonchev–Trinajstić information content (AvgIpc) is 2.38. The van der Waals surface area contributed by atoms with Crippen molar-refractivity contribution in [2.45, 2.75) is 0 Å². The molecule has 0 fully saturated rings. The Morgan fingerprint density at radius 3 is 1.25 bits per heavy atom. The third-order valence-electron chi connectivity index (χ3n) is 2.61. The van der Waals surface area contributed by atoms with Crippen LogP contribution in [0.4, 0.5) is 0 Å². The Bertz CT molecular complexity index is 571. The van der Waals surface area contributed by atoms with Gasteiger partial charge in [0.25, 0.3) is 0 Å². The molecule has 0 radical (unpaired) electrons. The molecule has 0 aliphatic rings. The van der Waals surface area contributed by atoms with Crippen molar-refractivity contribution in [1.29, 1.82) is 0 Å². The van der Waals surface area contributed by atoms with Gasteiger partial charge in [0, 0.05) is 0 Å².